The third kappa shape index (κ3) is 2.69. The van der Waals surface area contributed by atoms with E-state index in [1.807, 2.05) is 0 Å². The molecule has 1 saturated heterocycles. The van der Waals surface area contributed by atoms with E-state index < -0.39 is 0 Å². The van der Waals surface area contributed by atoms with Gasteiger partial charge in [0.25, 0.3) is 0 Å². The van der Waals surface area contributed by atoms with Gasteiger partial charge in [-0.05, 0) is 45.2 Å². The number of nitrogens with one attached hydrogen (secondary N) is 2. The highest BCUT2D eigenvalue weighted by Crippen LogP contribution is 2.31. The van der Waals surface area contributed by atoms with Crippen LogP contribution in [-0.2, 0) is 6.54 Å². The van der Waals surface area contributed by atoms with E-state index in [1.165, 1.54) is 38.0 Å². The van der Waals surface area contributed by atoms with Gasteiger partial charge in [0.15, 0.2) is 0 Å². The molecular weight excluding hydrogens is 212 g/mol. The van der Waals surface area contributed by atoms with Gasteiger partial charge in [-0.25, -0.2) is 4.98 Å². The number of aromatic amines is 1. The number of nitrogens with zero attached hydrogens (tertiary/aromatic N) is 2. The van der Waals surface area contributed by atoms with Gasteiger partial charge < -0.3 is 15.2 Å². The third-order valence-corrected chi connectivity index (χ3v) is 4.04. The summed E-state index contributed by atoms with van der Waals surface area (Å²) in [4.78, 5) is 10.1. The van der Waals surface area contributed by atoms with E-state index in [0.717, 1.165) is 30.7 Å². The van der Waals surface area contributed by atoms with Crippen molar-refractivity contribution >= 4 is 0 Å². The molecule has 1 aliphatic carbocycles. The van der Waals surface area contributed by atoms with Gasteiger partial charge in [0.05, 0.1) is 12.0 Å². The first-order valence-electron chi connectivity index (χ1n) is 6.76. The quantitative estimate of drug-likeness (QED) is 0.807. The molecule has 1 atom stereocenters. The first kappa shape index (κ1) is 11.2. The number of rotatable bonds is 5. The van der Waals surface area contributed by atoms with Crippen LogP contribution >= 0.6 is 0 Å². The Morgan fingerprint density at radius 2 is 2.35 bits per heavy atom. The van der Waals surface area contributed by atoms with Crippen molar-refractivity contribution in [1.29, 1.82) is 0 Å². The second kappa shape index (κ2) is 4.78. The molecule has 1 aromatic heterocycles. The van der Waals surface area contributed by atoms with Crippen LogP contribution in [0.2, 0.25) is 0 Å². The Morgan fingerprint density at radius 3 is 3.06 bits per heavy atom. The van der Waals surface area contributed by atoms with Crippen LogP contribution in [0.3, 0.4) is 0 Å². The van der Waals surface area contributed by atoms with E-state index in [2.05, 4.69) is 27.1 Å². The molecule has 2 fully saturated rings. The van der Waals surface area contributed by atoms with Gasteiger partial charge in [-0.3, -0.25) is 0 Å². The summed E-state index contributed by atoms with van der Waals surface area (Å²) in [5, 5.41) is 3.54. The summed E-state index contributed by atoms with van der Waals surface area (Å²) in [6.45, 7) is 6.73. The van der Waals surface area contributed by atoms with Crippen LogP contribution in [0, 0.1) is 12.8 Å². The lowest BCUT2D eigenvalue weighted by atomic mass is 10.1. The molecule has 0 radical (unpaired) electrons. The van der Waals surface area contributed by atoms with Gasteiger partial charge in [-0.15, -0.1) is 0 Å². The Morgan fingerprint density at radius 1 is 1.47 bits per heavy atom. The monoisotopic (exact) mass is 234 g/mol. The van der Waals surface area contributed by atoms with Crippen molar-refractivity contribution in [3.05, 3.63) is 17.7 Å². The first-order valence-corrected chi connectivity index (χ1v) is 6.76. The number of hydrogen-bond acceptors (Lipinski definition) is 3. The number of aromatic nitrogens is 2. The van der Waals surface area contributed by atoms with Gasteiger partial charge in [0.2, 0.25) is 0 Å². The average Bonchev–Trinajstić information content (AvgIpc) is 2.94. The molecule has 0 aromatic carbocycles. The number of aryl methyl sites for hydroxylation is 1. The molecule has 1 unspecified atom stereocenters. The summed E-state index contributed by atoms with van der Waals surface area (Å²) in [6, 6.07) is 0.939. The Hall–Kier alpha value is -0.870. The highest BCUT2D eigenvalue weighted by Gasteiger charge is 2.33. The molecule has 2 N–H and O–H groups in total. The smallest absolute Gasteiger partial charge is 0.0925 e. The zero-order chi connectivity index (χ0) is 11.7. The zero-order valence-electron chi connectivity index (χ0n) is 10.6. The lowest BCUT2D eigenvalue weighted by Gasteiger charge is -2.15. The van der Waals surface area contributed by atoms with Crippen molar-refractivity contribution in [2.75, 3.05) is 19.6 Å². The molecule has 0 amide bonds. The Labute approximate surface area is 103 Å². The molecule has 17 heavy (non-hydrogen) atoms. The van der Waals surface area contributed by atoms with Crippen molar-refractivity contribution in [2.45, 2.75) is 38.8 Å². The average molecular weight is 234 g/mol. The van der Waals surface area contributed by atoms with Gasteiger partial charge in [-0.1, -0.05) is 0 Å². The molecule has 1 aliphatic heterocycles. The highest BCUT2D eigenvalue weighted by molar-refractivity contribution is 5.07. The van der Waals surface area contributed by atoms with Crippen LogP contribution in [0.25, 0.3) is 0 Å². The van der Waals surface area contributed by atoms with Gasteiger partial charge >= 0.3 is 0 Å². The molecule has 0 bridgehead atoms. The fraction of sp³-hybridized carbons (Fsp3) is 0.769. The molecule has 3 rings (SSSR count). The normalized spacial score (nSPS) is 25.6. The number of hydrogen-bond donors (Lipinski definition) is 2. The SMILES string of the molecule is Cc1[nH]cnc1CNCC1CCN(C2CC2)C1. The molecule has 4 nitrogen and oxygen atoms in total. The van der Waals surface area contributed by atoms with Crippen LogP contribution in [0.5, 0.6) is 0 Å². The van der Waals surface area contributed by atoms with E-state index in [9.17, 15) is 0 Å². The second-order valence-corrected chi connectivity index (χ2v) is 5.49. The molecule has 1 aromatic rings. The Bertz CT molecular complexity index is 369. The number of likely N-dealkylation sites (tertiary alicyclic amines) is 1. The van der Waals surface area contributed by atoms with Crippen molar-refractivity contribution in [3.63, 3.8) is 0 Å². The van der Waals surface area contributed by atoms with E-state index in [0.29, 0.717) is 0 Å². The molecule has 2 heterocycles. The molecule has 1 saturated carbocycles. The minimum atomic E-state index is 0.842. The second-order valence-electron chi connectivity index (χ2n) is 5.49. The standard InChI is InChI=1S/C13H22N4/c1-10-13(16-9-15-10)7-14-6-11-4-5-17(8-11)12-2-3-12/h9,11-12,14H,2-8H2,1H3,(H,15,16). The molecule has 0 spiro atoms. The van der Waals surface area contributed by atoms with Gasteiger partial charge in [0.1, 0.15) is 0 Å². The summed E-state index contributed by atoms with van der Waals surface area (Å²) in [5.74, 6) is 0.842. The molecular formula is C13H22N4. The molecule has 94 valence electrons. The maximum Gasteiger partial charge on any atom is 0.0925 e. The first-order chi connectivity index (χ1) is 8.33. The zero-order valence-corrected chi connectivity index (χ0v) is 10.6. The minimum Gasteiger partial charge on any atom is -0.348 e. The fourth-order valence-electron chi connectivity index (χ4n) is 2.76. The predicted octanol–water partition coefficient (Wildman–Crippen LogP) is 1.29. The van der Waals surface area contributed by atoms with E-state index in [-0.39, 0.29) is 0 Å². The van der Waals surface area contributed by atoms with E-state index >= 15 is 0 Å². The third-order valence-electron chi connectivity index (χ3n) is 4.04. The highest BCUT2D eigenvalue weighted by atomic mass is 15.2. The van der Waals surface area contributed by atoms with Crippen LogP contribution < -0.4 is 5.32 Å². The van der Waals surface area contributed by atoms with E-state index in [4.69, 9.17) is 0 Å². The lowest BCUT2D eigenvalue weighted by Crippen LogP contribution is -2.27. The predicted molar refractivity (Wildman–Crippen MR) is 67.7 cm³/mol. The summed E-state index contributed by atoms with van der Waals surface area (Å²) in [7, 11) is 0. The summed E-state index contributed by atoms with van der Waals surface area (Å²) >= 11 is 0. The van der Waals surface area contributed by atoms with Crippen LogP contribution in [0.1, 0.15) is 30.7 Å². The lowest BCUT2D eigenvalue weighted by molar-refractivity contribution is 0.311. The van der Waals surface area contributed by atoms with Crippen molar-refractivity contribution in [2.24, 2.45) is 5.92 Å². The van der Waals surface area contributed by atoms with Crippen LogP contribution in [0.15, 0.2) is 6.33 Å². The van der Waals surface area contributed by atoms with E-state index in [1.54, 1.807) is 6.33 Å². The van der Waals surface area contributed by atoms with Gasteiger partial charge in [0, 0.05) is 24.8 Å². The summed E-state index contributed by atoms with van der Waals surface area (Å²) in [6.07, 6.45) is 6.01. The Kier molecular flexibility index (Phi) is 3.16. The molecule has 4 heteroatoms. The summed E-state index contributed by atoms with van der Waals surface area (Å²) < 4.78 is 0. The van der Waals surface area contributed by atoms with Crippen molar-refractivity contribution < 1.29 is 0 Å². The minimum absolute atomic E-state index is 0.842. The fourth-order valence-corrected chi connectivity index (χ4v) is 2.76. The topological polar surface area (TPSA) is 44.0 Å². The number of imidazole rings is 1. The maximum atomic E-state index is 4.30. The summed E-state index contributed by atoms with van der Waals surface area (Å²) in [5.41, 5.74) is 2.34. The van der Waals surface area contributed by atoms with Crippen LogP contribution in [-0.4, -0.2) is 40.5 Å². The molecule has 2 aliphatic rings. The Balaban J connectivity index is 1.39. The van der Waals surface area contributed by atoms with Crippen molar-refractivity contribution in [1.82, 2.24) is 20.2 Å². The van der Waals surface area contributed by atoms with Crippen molar-refractivity contribution in [3.8, 4) is 0 Å². The number of H-pyrrole nitrogens is 1. The van der Waals surface area contributed by atoms with Gasteiger partial charge in [-0.2, -0.15) is 0 Å². The maximum absolute atomic E-state index is 4.30. The largest absolute Gasteiger partial charge is 0.348 e. The van der Waals surface area contributed by atoms with Crippen LogP contribution in [0.4, 0.5) is 0 Å².